The number of amides is 1. The number of aromatic amines is 1. The number of carbonyl (C=O) groups is 1. The smallest absolute Gasteiger partial charge is 0.234 e. The summed E-state index contributed by atoms with van der Waals surface area (Å²) in [6.07, 6.45) is 0. The Balaban J connectivity index is 1.56. The number of nitrogens with one attached hydrogen (secondary N) is 2. The van der Waals surface area contributed by atoms with E-state index in [1.807, 2.05) is 0 Å². The second-order valence-corrected chi connectivity index (χ2v) is 6.20. The van der Waals surface area contributed by atoms with Crippen molar-refractivity contribution in [2.24, 2.45) is 0 Å². The number of nitrogens with zero attached hydrogens (tertiary/aromatic N) is 2. The number of H-pyrrole nitrogens is 1. The van der Waals surface area contributed by atoms with Gasteiger partial charge in [-0.05, 0) is 48.5 Å². The fourth-order valence-electron chi connectivity index (χ4n) is 1.91. The van der Waals surface area contributed by atoms with E-state index >= 15 is 0 Å². The summed E-state index contributed by atoms with van der Waals surface area (Å²) in [4.78, 5) is 16.2. The third-order valence-corrected chi connectivity index (χ3v) is 4.14. The molecule has 0 saturated carbocycles. The van der Waals surface area contributed by atoms with Gasteiger partial charge in [0.25, 0.3) is 0 Å². The lowest BCUT2D eigenvalue weighted by Gasteiger charge is -2.03. The second kappa shape index (κ2) is 7.46. The molecule has 0 spiro atoms. The predicted octanol–water partition coefficient (Wildman–Crippen LogP) is 4.00. The molecule has 0 atom stereocenters. The average Bonchev–Trinajstić information content (AvgIpc) is 3.05. The van der Waals surface area contributed by atoms with Gasteiger partial charge in [-0.15, -0.1) is 5.10 Å². The average molecular weight is 363 g/mol. The second-order valence-electron chi connectivity index (χ2n) is 4.82. The number of benzene rings is 2. The Labute approximate surface area is 146 Å². The largest absolute Gasteiger partial charge is 0.325 e. The van der Waals surface area contributed by atoms with E-state index in [4.69, 9.17) is 11.6 Å². The Kier molecular flexibility index (Phi) is 5.12. The predicted molar refractivity (Wildman–Crippen MR) is 92.6 cm³/mol. The van der Waals surface area contributed by atoms with E-state index in [-0.39, 0.29) is 17.5 Å². The van der Waals surface area contributed by atoms with Crippen molar-refractivity contribution >= 4 is 35.0 Å². The molecule has 1 amide bonds. The van der Waals surface area contributed by atoms with Crippen LogP contribution < -0.4 is 5.32 Å². The number of hydrogen-bond donors (Lipinski definition) is 2. The van der Waals surface area contributed by atoms with Crippen molar-refractivity contribution in [2.45, 2.75) is 5.16 Å². The summed E-state index contributed by atoms with van der Waals surface area (Å²) < 4.78 is 12.9. The Morgan fingerprint density at radius 1 is 1.17 bits per heavy atom. The van der Waals surface area contributed by atoms with Crippen molar-refractivity contribution in [2.75, 3.05) is 11.1 Å². The van der Waals surface area contributed by atoms with E-state index in [9.17, 15) is 9.18 Å². The van der Waals surface area contributed by atoms with Crippen LogP contribution in [0.15, 0.2) is 53.7 Å². The maximum absolute atomic E-state index is 12.9. The quantitative estimate of drug-likeness (QED) is 0.673. The van der Waals surface area contributed by atoms with Crippen LogP contribution in [-0.4, -0.2) is 26.8 Å². The van der Waals surface area contributed by atoms with Crippen molar-refractivity contribution in [1.82, 2.24) is 15.2 Å². The zero-order valence-corrected chi connectivity index (χ0v) is 13.9. The summed E-state index contributed by atoms with van der Waals surface area (Å²) in [5.41, 5.74) is 1.40. The van der Waals surface area contributed by atoms with Crippen LogP contribution >= 0.6 is 23.4 Å². The van der Waals surface area contributed by atoms with E-state index in [1.165, 1.54) is 23.9 Å². The summed E-state index contributed by atoms with van der Waals surface area (Å²) >= 11 is 7.00. The van der Waals surface area contributed by atoms with Crippen LogP contribution in [0.2, 0.25) is 5.02 Å². The van der Waals surface area contributed by atoms with Crippen LogP contribution in [-0.2, 0) is 4.79 Å². The molecule has 24 heavy (non-hydrogen) atoms. The number of anilines is 1. The maximum Gasteiger partial charge on any atom is 0.234 e. The molecule has 8 heteroatoms. The van der Waals surface area contributed by atoms with Gasteiger partial charge in [-0.1, -0.05) is 23.4 Å². The standard InChI is InChI=1S/C16H12ClFN4OS/c17-11-3-7-13(8-4-11)19-14(23)9-24-16-20-15(21-22-16)10-1-5-12(18)6-2-10/h1-8H,9H2,(H,19,23)(H,20,21,22). The zero-order valence-electron chi connectivity index (χ0n) is 12.3. The molecule has 0 fully saturated rings. The van der Waals surface area contributed by atoms with Gasteiger partial charge < -0.3 is 5.32 Å². The summed E-state index contributed by atoms with van der Waals surface area (Å²) in [5, 5.41) is 10.6. The normalized spacial score (nSPS) is 10.6. The highest BCUT2D eigenvalue weighted by molar-refractivity contribution is 7.99. The van der Waals surface area contributed by atoms with E-state index in [1.54, 1.807) is 36.4 Å². The number of aromatic nitrogens is 3. The highest BCUT2D eigenvalue weighted by Gasteiger charge is 2.09. The van der Waals surface area contributed by atoms with Gasteiger partial charge in [-0.25, -0.2) is 9.37 Å². The monoisotopic (exact) mass is 362 g/mol. The molecule has 0 aliphatic rings. The summed E-state index contributed by atoms with van der Waals surface area (Å²) in [5.74, 6) is 0.210. The number of hydrogen-bond acceptors (Lipinski definition) is 4. The van der Waals surface area contributed by atoms with Gasteiger partial charge in [0.1, 0.15) is 5.82 Å². The van der Waals surface area contributed by atoms with Crippen molar-refractivity contribution < 1.29 is 9.18 Å². The summed E-state index contributed by atoms with van der Waals surface area (Å²) in [7, 11) is 0. The van der Waals surface area contributed by atoms with Crippen molar-refractivity contribution in [3.05, 3.63) is 59.4 Å². The fraction of sp³-hybridized carbons (Fsp3) is 0.0625. The molecule has 5 nitrogen and oxygen atoms in total. The molecule has 0 bridgehead atoms. The van der Waals surface area contributed by atoms with E-state index in [0.29, 0.717) is 21.7 Å². The van der Waals surface area contributed by atoms with E-state index in [2.05, 4.69) is 20.5 Å². The third kappa shape index (κ3) is 4.33. The lowest BCUT2D eigenvalue weighted by Crippen LogP contribution is -2.13. The van der Waals surface area contributed by atoms with Crippen LogP contribution in [0.1, 0.15) is 0 Å². The van der Waals surface area contributed by atoms with Crippen LogP contribution in [0.3, 0.4) is 0 Å². The summed E-state index contributed by atoms with van der Waals surface area (Å²) in [6, 6.07) is 12.8. The van der Waals surface area contributed by atoms with Gasteiger partial charge >= 0.3 is 0 Å². The third-order valence-electron chi connectivity index (χ3n) is 3.04. The highest BCUT2D eigenvalue weighted by Crippen LogP contribution is 2.20. The van der Waals surface area contributed by atoms with Gasteiger partial charge in [0, 0.05) is 16.3 Å². The number of halogens is 2. The molecule has 1 aromatic heterocycles. The molecule has 0 unspecified atom stereocenters. The zero-order chi connectivity index (χ0) is 16.9. The lowest BCUT2D eigenvalue weighted by molar-refractivity contribution is -0.113. The molecule has 0 saturated heterocycles. The first-order valence-electron chi connectivity index (χ1n) is 6.97. The molecule has 0 radical (unpaired) electrons. The fourth-order valence-corrected chi connectivity index (χ4v) is 2.63. The molecule has 3 aromatic rings. The molecular formula is C16H12ClFN4OS. The first kappa shape index (κ1) is 16.5. The minimum absolute atomic E-state index is 0.170. The molecule has 1 heterocycles. The van der Waals surface area contributed by atoms with Gasteiger partial charge in [0.05, 0.1) is 5.75 Å². The molecular weight excluding hydrogens is 351 g/mol. The van der Waals surface area contributed by atoms with Gasteiger partial charge in [-0.2, -0.15) is 0 Å². The van der Waals surface area contributed by atoms with Crippen molar-refractivity contribution in [3.8, 4) is 11.4 Å². The Bertz CT molecular complexity index is 836. The Hall–Kier alpha value is -2.38. The van der Waals surface area contributed by atoms with Crippen LogP contribution in [0, 0.1) is 5.82 Å². The minimum atomic E-state index is -0.313. The van der Waals surface area contributed by atoms with E-state index in [0.717, 1.165) is 5.56 Å². The molecule has 0 aliphatic heterocycles. The van der Waals surface area contributed by atoms with Crippen molar-refractivity contribution in [1.29, 1.82) is 0 Å². The molecule has 2 N–H and O–H groups in total. The van der Waals surface area contributed by atoms with E-state index < -0.39 is 0 Å². The van der Waals surface area contributed by atoms with Crippen LogP contribution in [0.4, 0.5) is 10.1 Å². The molecule has 2 aromatic carbocycles. The Morgan fingerprint density at radius 3 is 2.58 bits per heavy atom. The van der Waals surface area contributed by atoms with Crippen molar-refractivity contribution in [3.63, 3.8) is 0 Å². The van der Waals surface area contributed by atoms with Crippen LogP contribution in [0.5, 0.6) is 0 Å². The molecule has 3 rings (SSSR count). The lowest BCUT2D eigenvalue weighted by atomic mass is 10.2. The van der Waals surface area contributed by atoms with Gasteiger partial charge in [-0.3, -0.25) is 9.89 Å². The minimum Gasteiger partial charge on any atom is -0.325 e. The number of rotatable bonds is 5. The van der Waals surface area contributed by atoms with Gasteiger partial charge in [0.2, 0.25) is 11.1 Å². The number of carbonyl (C=O) groups excluding carboxylic acids is 1. The maximum atomic E-state index is 12.9. The van der Waals surface area contributed by atoms with Gasteiger partial charge in [0.15, 0.2) is 5.82 Å². The highest BCUT2D eigenvalue weighted by atomic mass is 35.5. The molecule has 122 valence electrons. The first-order chi connectivity index (χ1) is 11.6. The van der Waals surface area contributed by atoms with Crippen LogP contribution in [0.25, 0.3) is 11.4 Å². The number of thioether (sulfide) groups is 1. The summed E-state index contributed by atoms with van der Waals surface area (Å²) in [6.45, 7) is 0. The first-order valence-corrected chi connectivity index (χ1v) is 8.33. The Morgan fingerprint density at radius 2 is 1.88 bits per heavy atom. The molecule has 0 aliphatic carbocycles. The SMILES string of the molecule is O=C(CSc1n[nH]c(-c2ccc(F)cc2)n1)Nc1ccc(Cl)cc1. The topological polar surface area (TPSA) is 70.7 Å².